The highest BCUT2D eigenvalue weighted by molar-refractivity contribution is 7.99. The van der Waals surface area contributed by atoms with Gasteiger partial charge in [-0.2, -0.15) is 0 Å². The normalized spacial score (nSPS) is 18.4. The van der Waals surface area contributed by atoms with Gasteiger partial charge in [-0.1, -0.05) is 30.0 Å². The van der Waals surface area contributed by atoms with Crippen LogP contribution in [0.3, 0.4) is 0 Å². The molecule has 1 unspecified atom stereocenters. The zero-order valence-electron chi connectivity index (χ0n) is 12.7. The van der Waals surface area contributed by atoms with E-state index in [2.05, 4.69) is 17.1 Å². The molecule has 0 N–H and O–H groups in total. The number of carbonyl (C=O) groups excluding carboxylic acids is 1. The Balaban J connectivity index is 1.65. The number of likely N-dealkylation sites (tertiary alicyclic amines) is 1. The zero-order valence-corrected chi connectivity index (χ0v) is 13.5. The van der Waals surface area contributed by atoms with Crippen LogP contribution in [0.15, 0.2) is 41.8 Å². The highest BCUT2D eigenvalue weighted by Crippen LogP contribution is 2.22. The Kier molecular flexibility index (Phi) is 4.77. The van der Waals surface area contributed by atoms with E-state index < -0.39 is 0 Å². The second kappa shape index (κ2) is 6.96. The van der Waals surface area contributed by atoms with Gasteiger partial charge in [-0.25, -0.2) is 0 Å². The molecule has 0 spiro atoms. The van der Waals surface area contributed by atoms with Gasteiger partial charge < -0.3 is 4.90 Å². The molecule has 116 valence electrons. The molecular weight excluding hydrogens is 296 g/mol. The Hall–Kier alpha value is -1.82. The zero-order chi connectivity index (χ0) is 15.4. The fourth-order valence-electron chi connectivity index (χ4n) is 2.77. The predicted octanol–water partition coefficient (Wildman–Crippen LogP) is 2.76. The SMILES string of the molecule is CC1CCCCN1C(=O)CSc1nncn1-c1ccccc1. The predicted molar refractivity (Wildman–Crippen MR) is 87.1 cm³/mol. The van der Waals surface area contributed by atoms with Crippen LogP contribution < -0.4 is 0 Å². The topological polar surface area (TPSA) is 51.0 Å². The average Bonchev–Trinajstić information content (AvgIpc) is 3.02. The number of amides is 1. The summed E-state index contributed by atoms with van der Waals surface area (Å²) in [5, 5.41) is 8.86. The lowest BCUT2D eigenvalue weighted by Crippen LogP contribution is -2.42. The summed E-state index contributed by atoms with van der Waals surface area (Å²) < 4.78 is 1.91. The monoisotopic (exact) mass is 316 g/mol. The minimum Gasteiger partial charge on any atom is -0.339 e. The van der Waals surface area contributed by atoms with Crippen LogP contribution in [-0.2, 0) is 4.79 Å². The van der Waals surface area contributed by atoms with Gasteiger partial charge in [0, 0.05) is 18.3 Å². The summed E-state index contributed by atoms with van der Waals surface area (Å²) in [4.78, 5) is 14.4. The largest absolute Gasteiger partial charge is 0.339 e. The molecular formula is C16H20N4OS. The maximum absolute atomic E-state index is 12.4. The first-order chi connectivity index (χ1) is 10.8. The molecule has 1 saturated heterocycles. The number of para-hydroxylation sites is 1. The van der Waals surface area contributed by atoms with Crippen LogP contribution in [0.2, 0.25) is 0 Å². The van der Waals surface area contributed by atoms with E-state index in [9.17, 15) is 4.79 Å². The van der Waals surface area contributed by atoms with Crippen LogP contribution in [0.1, 0.15) is 26.2 Å². The molecule has 3 rings (SSSR count). The molecule has 1 amide bonds. The lowest BCUT2D eigenvalue weighted by Gasteiger charge is -2.33. The van der Waals surface area contributed by atoms with E-state index in [0.29, 0.717) is 11.8 Å². The van der Waals surface area contributed by atoms with E-state index in [1.54, 1.807) is 6.33 Å². The van der Waals surface area contributed by atoms with Crippen molar-refractivity contribution in [1.82, 2.24) is 19.7 Å². The molecule has 1 aliphatic rings. The fraction of sp³-hybridized carbons (Fsp3) is 0.438. The molecule has 2 heterocycles. The number of rotatable bonds is 4. The highest BCUT2D eigenvalue weighted by atomic mass is 32.2. The van der Waals surface area contributed by atoms with E-state index in [4.69, 9.17) is 0 Å². The van der Waals surface area contributed by atoms with Gasteiger partial charge in [0.15, 0.2) is 5.16 Å². The molecule has 1 aliphatic heterocycles. The van der Waals surface area contributed by atoms with Gasteiger partial charge in [0.1, 0.15) is 6.33 Å². The molecule has 1 aromatic carbocycles. The van der Waals surface area contributed by atoms with Crippen molar-refractivity contribution in [1.29, 1.82) is 0 Å². The van der Waals surface area contributed by atoms with E-state index >= 15 is 0 Å². The van der Waals surface area contributed by atoms with Gasteiger partial charge in [0.25, 0.3) is 0 Å². The Morgan fingerprint density at radius 3 is 2.91 bits per heavy atom. The summed E-state index contributed by atoms with van der Waals surface area (Å²) in [7, 11) is 0. The lowest BCUT2D eigenvalue weighted by molar-refractivity contribution is -0.131. The molecule has 0 saturated carbocycles. The highest BCUT2D eigenvalue weighted by Gasteiger charge is 2.23. The summed E-state index contributed by atoms with van der Waals surface area (Å²) in [5.41, 5.74) is 1.01. The molecule has 22 heavy (non-hydrogen) atoms. The molecule has 6 heteroatoms. The molecule has 0 aliphatic carbocycles. The molecule has 2 aromatic rings. The van der Waals surface area contributed by atoms with E-state index in [1.807, 2.05) is 39.8 Å². The van der Waals surface area contributed by atoms with E-state index in [0.717, 1.165) is 30.2 Å². The Morgan fingerprint density at radius 2 is 2.14 bits per heavy atom. The Labute approximate surface area is 134 Å². The van der Waals surface area contributed by atoms with Crippen LogP contribution in [0.5, 0.6) is 0 Å². The molecule has 1 aromatic heterocycles. The van der Waals surface area contributed by atoms with E-state index in [-0.39, 0.29) is 5.91 Å². The first-order valence-electron chi connectivity index (χ1n) is 7.63. The Bertz CT molecular complexity index is 628. The number of benzene rings is 1. The van der Waals surface area contributed by atoms with Crippen molar-refractivity contribution in [3.8, 4) is 5.69 Å². The van der Waals surface area contributed by atoms with Crippen molar-refractivity contribution in [3.63, 3.8) is 0 Å². The maximum Gasteiger partial charge on any atom is 0.233 e. The van der Waals surface area contributed by atoms with Crippen LogP contribution in [0, 0.1) is 0 Å². The maximum atomic E-state index is 12.4. The first kappa shape index (κ1) is 15.1. The summed E-state index contributed by atoms with van der Waals surface area (Å²) in [6, 6.07) is 10.3. The van der Waals surface area contributed by atoms with Gasteiger partial charge in [-0.3, -0.25) is 9.36 Å². The fourth-order valence-corrected chi connectivity index (χ4v) is 3.58. The van der Waals surface area contributed by atoms with Gasteiger partial charge >= 0.3 is 0 Å². The number of nitrogens with zero attached hydrogens (tertiary/aromatic N) is 4. The molecule has 0 bridgehead atoms. The van der Waals surface area contributed by atoms with Crippen molar-refractivity contribution in [3.05, 3.63) is 36.7 Å². The average molecular weight is 316 g/mol. The third-order valence-electron chi connectivity index (χ3n) is 4.00. The minimum absolute atomic E-state index is 0.194. The van der Waals surface area contributed by atoms with Crippen molar-refractivity contribution in [2.45, 2.75) is 37.4 Å². The van der Waals surface area contributed by atoms with Gasteiger partial charge in [-0.15, -0.1) is 10.2 Å². The first-order valence-corrected chi connectivity index (χ1v) is 8.62. The van der Waals surface area contributed by atoms with Crippen LogP contribution in [0.4, 0.5) is 0 Å². The van der Waals surface area contributed by atoms with Crippen LogP contribution in [0.25, 0.3) is 5.69 Å². The minimum atomic E-state index is 0.194. The summed E-state index contributed by atoms with van der Waals surface area (Å²) >= 11 is 1.45. The molecule has 5 nitrogen and oxygen atoms in total. The smallest absolute Gasteiger partial charge is 0.233 e. The number of piperidine rings is 1. The number of hydrogen-bond acceptors (Lipinski definition) is 4. The quantitative estimate of drug-likeness (QED) is 0.814. The molecule has 0 radical (unpaired) electrons. The summed E-state index contributed by atoms with van der Waals surface area (Å²) in [5.74, 6) is 0.607. The molecule has 1 atom stereocenters. The number of thioether (sulfide) groups is 1. The third kappa shape index (κ3) is 3.32. The summed E-state index contributed by atoms with van der Waals surface area (Å²) in [6.07, 6.45) is 5.13. The van der Waals surface area contributed by atoms with Crippen molar-refractivity contribution < 1.29 is 4.79 Å². The molecule has 1 fully saturated rings. The standard InChI is InChI=1S/C16H20N4OS/c1-13-7-5-6-10-19(13)15(21)11-22-16-18-17-12-20(16)14-8-3-2-4-9-14/h2-4,8-9,12-13H,5-7,10-11H2,1H3. The number of carbonyl (C=O) groups is 1. The number of aromatic nitrogens is 3. The van der Waals surface area contributed by atoms with Crippen molar-refractivity contribution in [2.75, 3.05) is 12.3 Å². The third-order valence-corrected chi connectivity index (χ3v) is 4.93. The summed E-state index contributed by atoms with van der Waals surface area (Å²) in [6.45, 7) is 3.01. The number of hydrogen-bond donors (Lipinski definition) is 0. The Morgan fingerprint density at radius 1 is 1.32 bits per heavy atom. The van der Waals surface area contributed by atoms with Crippen LogP contribution in [-0.4, -0.2) is 43.9 Å². The second-order valence-electron chi connectivity index (χ2n) is 5.54. The van der Waals surface area contributed by atoms with Crippen molar-refractivity contribution in [2.24, 2.45) is 0 Å². The lowest BCUT2D eigenvalue weighted by atomic mass is 10.0. The van der Waals surface area contributed by atoms with Gasteiger partial charge in [0.05, 0.1) is 5.75 Å². The van der Waals surface area contributed by atoms with Gasteiger partial charge in [-0.05, 0) is 38.3 Å². The van der Waals surface area contributed by atoms with Crippen molar-refractivity contribution >= 4 is 17.7 Å². The van der Waals surface area contributed by atoms with E-state index in [1.165, 1.54) is 18.2 Å². The second-order valence-corrected chi connectivity index (χ2v) is 6.48. The van der Waals surface area contributed by atoms with Crippen LogP contribution >= 0.6 is 11.8 Å². The van der Waals surface area contributed by atoms with Gasteiger partial charge in [0.2, 0.25) is 5.91 Å².